The van der Waals surface area contributed by atoms with Crippen LogP contribution in [0.3, 0.4) is 0 Å². The zero-order valence-corrected chi connectivity index (χ0v) is 13.2. The van der Waals surface area contributed by atoms with Crippen LogP contribution in [0.2, 0.25) is 5.02 Å². The van der Waals surface area contributed by atoms with E-state index in [1.54, 1.807) is 4.90 Å². The first kappa shape index (κ1) is 14.9. The first-order valence-corrected chi connectivity index (χ1v) is 8.07. The molecule has 5 nitrogen and oxygen atoms in total. The van der Waals surface area contributed by atoms with Crippen molar-refractivity contribution in [2.75, 3.05) is 19.6 Å². The molecule has 122 valence electrons. The Morgan fingerprint density at radius 3 is 2.78 bits per heavy atom. The van der Waals surface area contributed by atoms with Crippen LogP contribution in [0.15, 0.2) is 18.2 Å². The molecule has 1 aromatic carbocycles. The van der Waals surface area contributed by atoms with Crippen LogP contribution in [0.1, 0.15) is 29.6 Å². The summed E-state index contributed by atoms with van der Waals surface area (Å²) < 4.78 is 13.2. The first-order chi connectivity index (χ1) is 11.0. The molecule has 0 unspecified atom stereocenters. The summed E-state index contributed by atoms with van der Waals surface area (Å²) in [5.41, 5.74) is -0.240. The highest BCUT2D eigenvalue weighted by Gasteiger charge is 2.55. The zero-order valence-electron chi connectivity index (χ0n) is 12.4. The summed E-state index contributed by atoms with van der Waals surface area (Å²) in [6.45, 7) is 1.39. The molecule has 7 heteroatoms. The Bertz CT molecular complexity index is 686. The fourth-order valence-corrected chi connectivity index (χ4v) is 3.31. The maximum Gasteiger partial charge on any atom is 0.254 e. The Morgan fingerprint density at radius 2 is 2.13 bits per heavy atom. The number of amides is 2. The molecule has 2 amide bonds. The summed E-state index contributed by atoms with van der Waals surface area (Å²) in [7, 11) is 0. The number of benzene rings is 1. The molecular formula is C16H16ClFN2O3. The first-order valence-electron chi connectivity index (χ1n) is 7.70. The molecule has 2 aliphatic heterocycles. The Morgan fingerprint density at radius 1 is 1.39 bits per heavy atom. The quantitative estimate of drug-likeness (QED) is 0.849. The predicted molar refractivity (Wildman–Crippen MR) is 80.2 cm³/mol. The van der Waals surface area contributed by atoms with E-state index in [9.17, 15) is 14.0 Å². The van der Waals surface area contributed by atoms with Gasteiger partial charge in [-0.25, -0.2) is 9.45 Å². The van der Waals surface area contributed by atoms with Gasteiger partial charge in [0, 0.05) is 5.56 Å². The second-order valence-electron chi connectivity index (χ2n) is 6.64. The van der Waals surface area contributed by atoms with E-state index in [0.717, 1.165) is 12.8 Å². The number of likely N-dealkylation sites (tertiary alicyclic amines) is 1. The minimum Gasteiger partial charge on any atom is -0.332 e. The Labute approximate surface area is 137 Å². The van der Waals surface area contributed by atoms with E-state index in [1.807, 2.05) is 0 Å². The van der Waals surface area contributed by atoms with Crippen LogP contribution in [0.25, 0.3) is 0 Å². The van der Waals surface area contributed by atoms with Crippen LogP contribution in [0, 0.1) is 11.7 Å². The van der Waals surface area contributed by atoms with Gasteiger partial charge in [-0.2, -0.15) is 0 Å². The third-order valence-corrected chi connectivity index (χ3v) is 4.88. The van der Waals surface area contributed by atoms with E-state index >= 15 is 0 Å². The number of carbonyl (C=O) groups excluding carboxylic acids is 2. The fourth-order valence-electron chi connectivity index (χ4n) is 3.13. The van der Waals surface area contributed by atoms with E-state index in [0.29, 0.717) is 37.5 Å². The van der Waals surface area contributed by atoms with E-state index in [2.05, 4.69) is 0 Å². The molecule has 4 rings (SSSR count). The molecule has 1 aromatic rings. The molecule has 23 heavy (non-hydrogen) atoms. The van der Waals surface area contributed by atoms with Crippen LogP contribution in [-0.4, -0.2) is 47.0 Å². The molecule has 0 aromatic heterocycles. The summed E-state index contributed by atoms with van der Waals surface area (Å²) in [5.74, 6) is -0.222. The Hall–Kier alpha value is -1.66. The monoisotopic (exact) mass is 338 g/mol. The van der Waals surface area contributed by atoms with E-state index in [1.165, 1.54) is 23.3 Å². The number of hydroxylamine groups is 2. The molecule has 1 aliphatic carbocycles. The molecule has 2 saturated heterocycles. The highest BCUT2D eigenvalue weighted by molar-refractivity contribution is 6.31. The van der Waals surface area contributed by atoms with Gasteiger partial charge in [0.15, 0.2) is 0 Å². The molecule has 0 atom stereocenters. The van der Waals surface area contributed by atoms with Gasteiger partial charge in [-0.3, -0.25) is 14.4 Å². The van der Waals surface area contributed by atoms with Crippen molar-refractivity contribution in [3.63, 3.8) is 0 Å². The lowest BCUT2D eigenvalue weighted by molar-refractivity contribution is -0.230. The van der Waals surface area contributed by atoms with Gasteiger partial charge in [0.1, 0.15) is 11.4 Å². The largest absolute Gasteiger partial charge is 0.332 e. The highest BCUT2D eigenvalue weighted by atomic mass is 35.5. The number of rotatable bonds is 3. The predicted octanol–water partition coefficient (Wildman–Crippen LogP) is 2.25. The van der Waals surface area contributed by atoms with Crippen LogP contribution >= 0.6 is 11.6 Å². The topological polar surface area (TPSA) is 49.9 Å². The molecule has 1 saturated carbocycles. The average Bonchev–Trinajstić information content (AvgIpc) is 3.23. The number of nitrogens with zero attached hydrogens (tertiary/aromatic N) is 2. The second kappa shape index (κ2) is 5.18. The summed E-state index contributed by atoms with van der Waals surface area (Å²) in [6, 6.07) is 3.91. The number of hydrogen-bond donors (Lipinski definition) is 0. The second-order valence-corrected chi connectivity index (χ2v) is 7.05. The minimum absolute atomic E-state index is 0.00572. The summed E-state index contributed by atoms with van der Waals surface area (Å²) in [5, 5.41) is 1.39. The third-order valence-electron chi connectivity index (χ3n) is 4.59. The molecule has 2 heterocycles. The lowest BCUT2D eigenvalue weighted by Crippen LogP contribution is -2.63. The average molecular weight is 339 g/mol. The summed E-state index contributed by atoms with van der Waals surface area (Å²) in [4.78, 5) is 31.8. The summed E-state index contributed by atoms with van der Waals surface area (Å²) >= 11 is 5.72. The standard InChI is InChI=1S/C16H16ClFN2O3/c17-12-5-11(3-4-13(12)18)15(22)19-8-16(9-19)6-14(21)20(23-16)7-10-1-2-10/h3-5,10H,1-2,6-9H2. The molecular weight excluding hydrogens is 323 g/mol. The molecule has 3 fully saturated rings. The van der Waals surface area contributed by atoms with E-state index < -0.39 is 11.4 Å². The van der Waals surface area contributed by atoms with Crippen LogP contribution in [-0.2, 0) is 9.63 Å². The zero-order chi connectivity index (χ0) is 16.2. The smallest absolute Gasteiger partial charge is 0.254 e. The number of hydrogen-bond acceptors (Lipinski definition) is 3. The molecule has 3 aliphatic rings. The van der Waals surface area contributed by atoms with Crippen molar-refractivity contribution in [3.8, 4) is 0 Å². The van der Waals surface area contributed by atoms with Gasteiger partial charge < -0.3 is 4.90 Å². The van der Waals surface area contributed by atoms with Gasteiger partial charge in [0.05, 0.1) is 31.1 Å². The Balaban J connectivity index is 1.39. The van der Waals surface area contributed by atoms with Crippen molar-refractivity contribution in [1.29, 1.82) is 0 Å². The van der Waals surface area contributed by atoms with Crippen molar-refractivity contribution >= 4 is 23.4 Å². The van der Waals surface area contributed by atoms with Crippen LogP contribution < -0.4 is 0 Å². The van der Waals surface area contributed by atoms with Crippen molar-refractivity contribution in [2.24, 2.45) is 5.92 Å². The SMILES string of the molecule is O=C(c1ccc(F)c(Cl)c1)N1CC2(CC(=O)N(CC3CC3)O2)C1. The van der Waals surface area contributed by atoms with Crippen LogP contribution in [0.4, 0.5) is 4.39 Å². The summed E-state index contributed by atoms with van der Waals surface area (Å²) in [6.07, 6.45) is 2.61. The maximum absolute atomic E-state index is 13.2. The Kier molecular flexibility index (Phi) is 3.35. The van der Waals surface area contributed by atoms with Gasteiger partial charge in [-0.1, -0.05) is 11.6 Å². The molecule has 0 radical (unpaired) electrons. The molecule has 0 bridgehead atoms. The minimum atomic E-state index is -0.578. The van der Waals surface area contributed by atoms with Gasteiger partial charge in [-0.05, 0) is 37.0 Å². The van der Waals surface area contributed by atoms with Gasteiger partial charge in [0.2, 0.25) is 5.91 Å². The molecule has 0 N–H and O–H groups in total. The van der Waals surface area contributed by atoms with E-state index in [-0.39, 0.29) is 16.8 Å². The normalized spacial score (nSPS) is 22.6. The van der Waals surface area contributed by atoms with Crippen LogP contribution in [0.5, 0.6) is 0 Å². The maximum atomic E-state index is 13.2. The lowest BCUT2D eigenvalue weighted by Gasteiger charge is -2.45. The van der Waals surface area contributed by atoms with Crippen molar-refractivity contribution in [1.82, 2.24) is 9.96 Å². The lowest BCUT2D eigenvalue weighted by atomic mass is 9.90. The van der Waals surface area contributed by atoms with Crippen molar-refractivity contribution < 1.29 is 18.8 Å². The van der Waals surface area contributed by atoms with E-state index in [4.69, 9.17) is 16.4 Å². The number of carbonyl (C=O) groups is 2. The highest BCUT2D eigenvalue weighted by Crippen LogP contribution is 2.39. The fraction of sp³-hybridized carbons (Fsp3) is 0.500. The third kappa shape index (κ3) is 2.70. The van der Waals surface area contributed by atoms with Gasteiger partial charge in [-0.15, -0.1) is 0 Å². The van der Waals surface area contributed by atoms with Crippen molar-refractivity contribution in [3.05, 3.63) is 34.6 Å². The molecule has 1 spiro atoms. The van der Waals surface area contributed by atoms with Crippen molar-refractivity contribution in [2.45, 2.75) is 24.9 Å². The van der Waals surface area contributed by atoms with Gasteiger partial charge in [0.25, 0.3) is 5.91 Å². The van der Waals surface area contributed by atoms with Gasteiger partial charge >= 0.3 is 0 Å². The number of halogens is 2.